The summed E-state index contributed by atoms with van der Waals surface area (Å²) >= 11 is 2.79. The maximum absolute atomic E-state index is 12.2. The van der Waals surface area contributed by atoms with E-state index in [4.69, 9.17) is 0 Å². The van der Waals surface area contributed by atoms with E-state index < -0.39 is 10.0 Å². The number of amides is 1. The Hall–Kier alpha value is -1.94. The van der Waals surface area contributed by atoms with Gasteiger partial charge < -0.3 is 5.32 Å². The smallest absolute Gasteiger partial charge is 0.242 e. The molecule has 0 aliphatic rings. The Kier molecular flexibility index (Phi) is 6.15. The van der Waals surface area contributed by atoms with Crippen molar-refractivity contribution in [2.45, 2.75) is 10.6 Å². The van der Waals surface area contributed by atoms with E-state index in [-0.39, 0.29) is 10.8 Å². The molecule has 1 amide bonds. The van der Waals surface area contributed by atoms with Gasteiger partial charge in [0.1, 0.15) is 0 Å². The molecule has 1 heterocycles. The lowest BCUT2D eigenvalue weighted by Gasteiger charge is -2.10. The highest BCUT2D eigenvalue weighted by atomic mass is 32.2. The predicted molar refractivity (Wildman–Crippen MR) is 112 cm³/mol. The Morgan fingerprint density at radius 2 is 1.93 bits per heavy atom. The summed E-state index contributed by atoms with van der Waals surface area (Å²) in [6.07, 6.45) is 0. The zero-order valence-electron chi connectivity index (χ0n) is 14.9. The van der Waals surface area contributed by atoms with Gasteiger partial charge in [0.05, 0.1) is 20.9 Å². The summed E-state index contributed by atoms with van der Waals surface area (Å²) in [5.74, 6) is 0.960. The van der Waals surface area contributed by atoms with Crippen LogP contribution in [0.25, 0.3) is 10.2 Å². The molecule has 9 heteroatoms. The number of nitrogens with one attached hydrogen (secondary N) is 1. The summed E-state index contributed by atoms with van der Waals surface area (Å²) in [5, 5.41) is 3.25. The average molecular weight is 422 g/mol. The number of hydrogen-bond acceptors (Lipinski definition) is 6. The molecule has 0 radical (unpaired) electrons. The van der Waals surface area contributed by atoms with Gasteiger partial charge >= 0.3 is 0 Å². The Morgan fingerprint density at radius 1 is 1.19 bits per heavy atom. The number of anilines is 1. The van der Waals surface area contributed by atoms with Crippen molar-refractivity contribution in [1.29, 1.82) is 0 Å². The minimum atomic E-state index is -3.50. The number of thioether (sulfide) groups is 1. The van der Waals surface area contributed by atoms with Crippen molar-refractivity contribution in [2.24, 2.45) is 0 Å². The van der Waals surface area contributed by atoms with Gasteiger partial charge in [-0.2, -0.15) is 0 Å². The van der Waals surface area contributed by atoms with Gasteiger partial charge in [-0.1, -0.05) is 41.7 Å². The van der Waals surface area contributed by atoms with Crippen molar-refractivity contribution in [3.63, 3.8) is 0 Å². The van der Waals surface area contributed by atoms with Gasteiger partial charge in [0.25, 0.3) is 0 Å². The van der Waals surface area contributed by atoms with E-state index in [0.717, 1.165) is 5.75 Å². The Bertz CT molecular complexity index is 1050. The fourth-order valence-corrected chi connectivity index (χ4v) is 5.03. The number of carbonyl (C=O) groups is 1. The molecule has 0 bridgehead atoms. The van der Waals surface area contributed by atoms with Crippen LogP contribution in [-0.4, -0.2) is 43.5 Å². The molecule has 27 heavy (non-hydrogen) atoms. The van der Waals surface area contributed by atoms with Crippen LogP contribution in [0.4, 0.5) is 5.13 Å². The Balaban J connectivity index is 1.64. The standard InChI is InChI=1S/C18H19N3O3S3/c1-21(2)27(23,24)14-8-9-15-16(10-14)26-18(19-15)20-17(22)12-25-11-13-6-4-3-5-7-13/h3-10H,11-12H2,1-2H3,(H,19,20,22). The van der Waals surface area contributed by atoms with Crippen molar-refractivity contribution in [2.75, 3.05) is 25.2 Å². The number of sulfonamides is 1. The minimum absolute atomic E-state index is 0.129. The average Bonchev–Trinajstić information content (AvgIpc) is 3.03. The molecule has 3 aromatic rings. The fourth-order valence-electron chi connectivity index (χ4n) is 2.32. The van der Waals surface area contributed by atoms with E-state index in [2.05, 4.69) is 10.3 Å². The molecule has 2 aromatic carbocycles. The third kappa shape index (κ3) is 4.86. The molecule has 0 aliphatic heterocycles. The molecule has 1 aromatic heterocycles. The van der Waals surface area contributed by atoms with Crippen LogP contribution in [0.3, 0.4) is 0 Å². The monoisotopic (exact) mass is 421 g/mol. The van der Waals surface area contributed by atoms with Gasteiger partial charge in [0.15, 0.2) is 5.13 Å². The molecular formula is C18H19N3O3S3. The summed E-state index contributed by atoms with van der Waals surface area (Å²) in [7, 11) is -0.517. The van der Waals surface area contributed by atoms with Gasteiger partial charge in [-0.3, -0.25) is 4.79 Å². The van der Waals surface area contributed by atoms with E-state index in [1.807, 2.05) is 30.3 Å². The third-order valence-corrected chi connectivity index (χ3v) is 7.48. The molecule has 0 saturated carbocycles. The van der Waals surface area contributed by atoms with Crippen LogP contribution < -0.4 is 5.32 Å². The van der Waals surface area contributed by atoms with Crippen LogP contribution in [0, 0.1) is 0 Å². The van der Waals surface area contributed by atoms with Crippen LogP contribution in [0.1, 0.15) is 5.56 Å². The van der Waals surface area contributed by atoms with Crippen LogP contribution >= 0.6 is 23.1 Å². The van der Waals surface area contributed by atoms with Gasteiger partial charge in [0, 0.05) is 19.8 Å². The molecule has 0 saturated heterocycles. The predicted octanol–water partition coefficient (Wildman–Crippen LogP) is 3.42. The summed E-state index contributed by atoms with van der Waals surface area (Å²) in [6.45, 7) is 0. The number of rotatable bonds is 7. The second kappa shape index (κ2) is 8.39. The first kappa shape index (κ1) is 19.8. The normalized spacial score (nSPS) is 11.8. The van der Waals surface area contributed by atoms with Crippen LogP contribution in [0.15, 0.2) is 53.4 Å². The maximum atomic E-state index is 12.2. The van der Waals surface area contributed by atoms with Crippen molar-refractivity contribution < 1.29 is 13.2 Å². The maximum Gasteiger partial charge on any atom is 0.242 e. The van der Waals surface area contributed by atoms with E-state index in [1.165, 1.54) is 53.1 Å². The number of fused-ring (bicyclic) bond motifs is 1. The molecule has 0 spiro atoms. The number of benzene rings is 2. The fraction of sp³-hybridized carbons (Fsp3) is 0.222. The van der Waals surface area contributed by atoms with Crippen LogP contribution in [0.2, 0.25) is 0 Å². The number of nitrogens with zero attached hydrogens (tertiary/aromatic N) is 2. The zero-order valence-corrected chi connectivity index (χ0v) is 17.3. The molecular weight excluding hydrogens is 402 g/mol. The number of aromatic nitrogens is 1. The lowest BCUT2D eigenvalue weighted by atomic mass is 10.2. The van der Waals surface area contributed by atoms with Crippen LogP contribution in [0.5, 0.6) is 0 Å². The van der Waals surface area contributed by atoms with E-state index in [1.54, 1.807) is 12.1 Å². The highest BCUT2D eigenvalue weighted by molar-refractivity contribution is 7.99. The summed E-state index contributed by atoms with van der Waals surface area (Å²) in [4.78, 5) is 16.7. The van der Waals surface area contributed by atoms with Gasteiger partial charge in [-0.15, -0.1) is 11.8 Å². The molecule has 0 aliphatic carbocycles. The topological polar surface area (TPSA) is 79.4 Å². The lowest BCUT2D eigenvalue weighted by molar-refractivity contribution is -0.113. The second-order valence-electron chi connectivity index (χ2n) is 5.96. The van der Waals surface area contributed by atoms with Gasteiger partial charge in [-0.25, -0.2) is 17.7 Å². The number of carbonyl (C=O) groups excluding carboxylic acids is 1. The van der Waals surface area contributed by atoms with Crippen molar-refractivity contribution >= 4 is 54.4 Å². The van der Waals surface area contributed by atoms with Crippen molar-refractivity contribution in [1.82, 2.24) is 9.29 Å². The first-order valence-electron chi connectivity index (χ1n) is 8.11. The van der Waals surface area contributed by atoms with Gasteiger partial charge in [-0.05, 0) is 23.8 Å². The largest absolute Gasteiger partial charge is 0.301 e. The van der Waals surface area contributed by atoms with E-state index in [0.29, 0.717) is 21.1 Å². The lowest BCUT2D eigenvalue weighted by Crippen LogP contribution is -2.22. The summed E-state index contributed by atoms with van der Waals surface area (Å²) in [5.41, 5.74) is 1.83. The van der Waals surface area contributed by atoms with Crippen LogP contribution in [-0.2, 0) is 20.6 Å². The van der Waals surface area contributed by atoms with Crippen molar-refractivity contribution in [3.05, 3.63) is 54.1 Å². The summed E-state index contributed by atoms with van der Waals surface area (Å²) in [6, 6.07) is 14.7. The first-order valence-corrected chi connectivity index (χ1v) is 11.5. The first-order chi connectivity index (χ1) is 12.9. The third-order valence-electron chi connectivity index (χ3n) is 3.73. The molecule has 0 unspecified atom stereocenters. The summed E-state index contributed by atoms with van der Waals surface area (Å²) < 4.78 is 26.3. The Morgan fingerprint density at radius 3 is 2.63 bits per heavy atom. The number of thiazole rings is 1. The molecule has 0 fully saturated rings. The number of hydrogen-bond donors (Lipinski definition) is 1. The van der Waals surface area contributed by atoms with E-state index >= 15 is 0 Å². The Labute approximate surface area is 166 Å². The second-order valence-corrected chi connectivity index (χ2v) is 10.1. The highest BCUT2D eigenvalue weighted by Gasteiger charge is 2.18. The molecule has 1 N–H and O–H groups in total. The molecule has 0 atom stereocenters. The SMILES string of the molecule is CN(C)S(=O)(=O)c1ccc2nc(NC(=O)CSCc3ccccc3)sc2c1. The highest BCUT2D eigenvalue weighted by Crippen LogP contribution is 2.29. The van der Waals surface area contributed by atoms with Gasteiger partial charge in [0.2, 0.25) is 15.9 Å². The molecule has 142 valence electrons. The molecule has 6 nitrogen and oxygen atoms in total. The van der Waals surface area contributed by atoms with Crippen molar-refractivity contribution in [3.8, 4) is 0 Å². The minimum Gasteiger partial charge on any atom is -0.301 e. The van der Waals surface area contributed by atoms with E-state index in [9.17, 15) is 13.2 Å². The quantitative estimate of drug-likeness (QED) is 0.632. The molecule has 3 rings (SSSR count). The zero-order chi connectivity index (χ0) is 19.4.